The number of aromatic amines is 1. The molecule has 4 heterocycles. The molecule has 3 aliphatic rings. The summed E-state index contributed by atoms with van der Waals surface area (Å²) in [6.07, 6.45) is 3.25. The van der Waals surface area contributed by atoms with Crippen LogP contribution in [0.1, 0.15) is 50.4 Å². The average molecular weight is 351 g/mol. The number of rotatable bonds is 2. The molecule has 0 unspecified atom stereocenters. The fourth-order valence-corrected chi connectivity index (χ4v) is 5.22. The van der Waals surface area contributed by atoms with E-state index in [-0.39, 0.29) is 29.9 Å². The van der Waals surface area contributed by atoms with Crippen molar-refractivity contribution in [3.8, 4) is 0 Å². The van der Waals surface area contributed by atoms with Crippen molar-refractivity contribution in [2.75, 3.05) is 6.54 Å². The minimum Gasteiger partial charge on any atom is -0.356 e. The highest BCUT2D eigenvalue weighted by Crippen LogP contribution is 2.43. The van der Waals surface area contributed by atoms with Gasteiger partial charge in [0, 0.05) is 29.6 Å². The number of H-pyrrole nitrogens is 1. The van der Waals surface area contributed by atoms with Gasteiger partial charge in [-0.25, -0.2) is 0 Å². The largest absolute Gasteiger partial charge is 0.356 e. The molecule has 26 heavy (non-hydrogen) atoms. The lowest BCUT2D eigenvalue weighted by molar-refractivity contribution is -0.163. The molecule has 5 nitrogen and oxygen atoms in total. The highest BCUT2D eigenvalue weighted by Gasteiger charge is 2.52. The second kappa shape index (κ2) is 5.60. The van der Waals surface area contributed by atoms with Crippen molar-refractivity contribution in [3.05, 3.63) is 35.5 Å². The van der Waals surface area contributed by atoms with Gasteiger partial charge in [0.2, 0.25) is 11.8 Å². The summed E-state index contributed by atoms with van der Waals surface area (Å²) in [4.78, 5) is 33.9. The Hall–Kier alpha value is -2.30. The van der Waals surface area contributed by atoms with E-state index in [4.69, 9.17) is 0 Å². The molecule has 0 bridgehead atoms. The summed E-state index contributed by atoms with van der Waals surface area (Å²) in [5.74, 6) is 0.751. The summed E-state index contributed by atoms with van der Waals surface area (Å²) >= 11 is 0. The van der Waals surface area contributed by atoms with Gasteiger partial charge in [-0.2, -0.15) is 0 Å². The maximum Gasteiger partial charge on any atom is 0.246 e. The molecule has 0 aliphatic carbocycles. The Morgan fingerprint density at radius 3 is 2.77 bits per heavy atom. The number of nitrogens with one attached hydrogen (secondary N) is 1. The molecule has 5 rings (SSSR count). The molecule has 3 atom stereocenters. The molecular formula is C21H25N3O2. The number of para-hydroxylation sites is 1. The van der Waals surface area contributed by atoms with Crippen LogP contribution in [-0.2, 0) is 16.0 Å². The van der Waals surface area contributed by atoms with Gasteiger partial charge >= 0.3 is 0 Å². The van der Waals surface area contributed by atoms with E-state index in [1.54, 1.807) is 0 Å². The number of carbonyl (C=O) groups is 2. The van der Waals surface area contributed by atoms with E-state index >= 15 is 0 Å². The molecule has 0 spiro atoms. The summed E-state index contributed by atoms with van der Waals surface area (Å²) in [6.45, 7) is 5.10. The molecule has 5 heteroatoms. The average Bonchev–Trinajstić information content (AvgIpc) is 3.24. The first-order valence-corrected chi connectivity index (χ1v) is 9.78. The van der Waals surface area contributed by atoms with Crippen molar-refractivity contribution in [3.63, 3.8) is 0 Å². The molecule has 1 aromatic heterocycles. The first-order valence-electron chi connectivity index (χ1n) is 9.78. The number of piperazine rings is 1. The molecule has 1 aromatic carbocycles. The van der Waals surface area contributed by atoms with Crippen LogP contribution in [0.4, 0.5) is 0 Å². The van der Waals surface area contributed by atoms with E-state index in [1.165, 1.54) is 10.9 Å². The highest BCUT2D eigenvalue weighted by atomic mass is 16.2. The van der Waals surface area contributed by atoms with Crippen LogP contribution in [0.5, 0.6) is 0 Å². The molecule has 2 fully saturated rings. The number of hydrogen-bond donors (Lipinski definition) is 1. The van der Waals surface area contributed by atoms with Crippen molar-refractivity contribution in [2.24, 2.45) is 5.92 Å². The van der Waals surface area contributed by atoms with Gasteiger partial charge in [-0.3, -0.25) is 9.59 Å². The number of carbonyl (C=O) groups excluding carboxylic acids is 2. The fourth-order valence-electron chi connectivity index (χ4n) is 5.22. The number of benzene rings is 1. The smallest absolute Gasteiger partial charge is 0.246 e. The van der Waals surface area contributed by atoms with Gasteiger partial charge in [0.05, 0.1) is 6.04 Å². The Morgan fingerprint density at radius 1 is 1.15 bits per heavy atom. The van der Waals surface area contributed by atoms with Crippen LogP contribution < -0.4 is 0 Å². The second-order valence-electron chi connectivity index (χ2n) is 8.36. The van der Waals surface area contributed by atoms with Crippen molar-refractivity contribution in [1.82, 2.24) is 14.8 Å². The summed E-state index contributed by atoms with van der Waals surface area (Å²) in [7, 11) is 0. The molecule has 2 aromatic rings. The Bertz CT molecular complexity index is 900. The lowest BCUT2D eigenvalue weighted by Gasteiger charge is -2.48. The van der Waals surface area contributed by atoms with Gasteiger partial charge in [-0.05, 0) is 36.8 Å². The summed E-state index contributed by atoms with van der Waals surface area (Å²) in [5.41, 5.74) is 3.47. The van der Waals surface area contributed by atoms with Crippen molar-refractivity contribution in [2.45, 2.75) is 57.7 Å². The Morgan fingerprint density at radius 2 is 1.96 bits per heavy atom. The lowest BCUT2D eigenvalue weighted by atomic mass is 9.85. The van der Waals surface area contributed by atoms with Crippen LogP contribution in [0.25, 0.3) is 10.9 Å². The van der Waals surface area contributed by atoms with Crippen LogP contribution in [0.2, 0.25) is 0 Å². The van der Waals surface area contributed by atoms with Crippen LogP contribution in [0.3, 0.4) is 0 Å². The maximum atomic E-state index is 13.3. The van der Waals surface area contributed by atoms with E-state index in [0.29, 0.717) is 12.3 Å². The van der Waals surface area contributed by atoms with Crippen LogP contribution in [-0.4, -0.2) is 45.2 Å². The van der Waals surface area contributed by atoms with E-state index in [2.05, 4.69) is 31.0 Å². The second-order valence-corrected chi connectivity index (χ2v) is 8.36. The number of fused-ring (bicyclic) bond motifs is 5. The molecule has 0 saturated carbocycles. The minimum absolute atomic E-state index is 0.0321. The quantitative estimate of drug-likeness (QED) is 0.904. The third-order valence-corrected chi connectivity index (χ3v) is 6.30. The number of amides is 2. The summed E-state index contributed by atoms with van der Waals surface area (Å²) in [5, 5.41) is 1.19. The van der Waals surface area contributed by atoms with Gasteiger partial charge in [0.15, 0.2) is 0 Å². The van der Waals surface area contributed by atoms with Gasteiger partial charge in [-0.1, -0.05) is 32.0 Å². The van der Waals surface area contributed by atoms with Crippen LogP contribution in [0.15, 0.2) is 24.3 Å². The lowest BCUT2D eigenvalue weighted by Crippen LogP contribution is -2.65. The molecule has 3 aliphatic heterocycles. The van der Waals surface area contributed by atoms with Gasteiger partial charge in [0.1, 0.15) is 12.1 Å². The first kappa shape index (κ1) is 15.9. The predicted molar refractivity (Wildman–Crippen MR) is 99.6 cm³/mol. The normalized spacial score (nSPS) is 27.9. The van der Waals surface area contributed by atoms with E-state index in [0.717, 1.165) is 37.0 Å². The zero-order valence-electron chi connectivity index (χ0n) is 15.4. The fraction of sp³-hybridized carbons (Fsp3) is 0.524. The Balaban J connectivity index is 1.68. The zero-order chi connectivity index (χ0) is 18.0. The molecular weight excluding hydrogens is 326 g/mol. The number of nitrogens with zero attached hydrogens (tertiary/aromatic N) is 2. The SMILES string of the molecule is CC(C)C[C@H]1c2[nH]c3ccccc3c2C[C@@H]2C(=O)N3CCC[C@H]3C(=O)N21. The predicted octanol–water partition coefficient (Wildman–Crippen LogP) is 3.01. The Kier molecular flexibility index (Phi) is 3.43. The summed E-state index contributed by atoms with van der Waals surface area (Å²) in [6, 6.07) is 7.68. The van der Waals surface area contributed by atoms with Crippen molar-refractivity contribution < 1.29 is 9.59 Å². The maximum absolute atomic E-state index is 13.3. The topological polar surface area (TPSA) is 56.4 Å². The first-order chi connectivity index (χ1) is 12.6. The third-order valence-electron chi connectivity index (χ3n) is 6.30. The molecule has 0 radical (unpaired) electrons. The molecule has 1 N–H and O–H groups in total. The van der Waals surface area contributed by atoms with Crippen molar-refractivity contribution >= 4 is 22.7 Å². The van der Waals surface area contributed by atoms with E-state index < -0.39 is 0 Å². The van der Waals surface area contributed by atoms with Gasteiger partial charge < -0.3 is 14.8 Å². The monoisotopic (exact) mass is 351 g/mol. The van der Waals surface area contributed by atoms with E-state index in [9.17, 15) is 9.59 Å². The highest BCUT2D eigenvalue weighted by molar-refractivity contribution is 5.99. The van der Waals surface area contributed by atoms with Crippen molar-refractivity contribution in [1.29, 1.82) is 0 Å². The van der Waals surface area contributed by atoms with Gasteiger partial charge in [-0.15, -0.1) is 0 Å². The third kappa shape index (κ3) is 2.09. The Labute approximate surface area is 153 Å². The number of hydrogen-bond acceptors (Lipinski definition) is 2. The number of aromatic nitrogens is 1. The molecule has 2 amide bonds. The van der Waals surface area contributed by atoms with E-state index in [1.807, 2.05) is 21.9 Å². The zero-order valence-corrected chi connectivity index (χ0v) is 15.4. The molecule has 2 saturated heterocycles. The molecule has 136 valence electrons. The minimum atomic E-state index is -0.340. The van der Waals surface area contributed by atoms with Crippen LogP contribution in [0, 0.1) is 5.92 Å². The standard InChI is InChI=1S/C21H25N3O2/c1-12(2)10-17-19-14(13-6-3-4-7-15(13)22-19)11-18-20(25)23-9-5-8-16(23)21(26)24(17)18/h3-4,6-7,12,16-18,22H,5,8-11H2,1-2H3/t16-,17-,18+/m0/s1. The van der Waals surface area contributed by atoms with Gasteiger partial charge in [0.25, 0.3) is 0 Å². The summed E-state index contributed by atoms with van der Waals surface area (Å²) < 4.78 is 0. The van der Waals surface area contributed by atoms with Crippen LogP contribution >= 0.6 is 0 Å².